The first-order valence-electron chi connectivity index (χ1n) is 13.0. The number of hydrogen-bond acceptors (Lipinski definition) is 6. The highest BCUT2D eigenvalue weighted by atomic mass is 19.4. The third kappa shape index (κ3) is 6.51. The fourth-order valence-corrected chi connectivity index (χ4v) is 4.42. The minimum Gasteiger partial charge on any atom is -0.478 e. The second-order valence-electron chi connectivity index (χ2n) is 9.28. The van der Waals surface area contributed by atoms with Gasteiger partial charge in [0.05, 0.1) is 23.7 Å². The first kappa shape index (κ1) is 28.8. The molecule has 1 amide bonds. The SMILES string of the molecule is CCN(CC)CCN(C)c1nc2ccc(NC(=O)c3ccc(-c4ccccc4C(F)(F)F)cc3)cc2nc1OC. The number of amides is 1. The molecule has 0 spiro atoms. The van der Waals surface area contributed by atoms with E-state index in [0.29, 0.717) is 39.5 Å². The van der Waals surface area contributed by atoms with Crippen molar-refractivity contribution in [2.75, 3.05) is 50.6 Å². The number of methoxy groups -OCH3 is 1. The average molecular weight is 552 g/mol. The maximum Gasteiger partial charge on any atom is 0.417 e. The van der Waals surface area contributed by atoms with E-state index in [1.807, 2.05) is 11.9 Å². The summed E-state index contributed by atoms with van der Waals surface area (Å²) in [5.41, 5.74) is 1.71. The Morgan fingerprint density at radius 1 is 0.925 bits per heavy atom. The van der Waals surface area contributed by atoms with Gasteiger partial charge in [0, 0.05) is 31.4 Å². The summed E-state index contributed by atoms with van der Waals surface area (Å²) in [5.74, 6) is 0.613. The van der Waals surface area contributed by atoms with Crippen molar-refractivity contribution >= 4 is 28.4 Å². The number of halogens is 3. The van der Waals surface area contributed by atoms with Gasteiger partial charge in [-0.2, -0.15) is 13.2 Å². The van der Waals surface area contributed by atoms with Gasteiger partial charge in [-0.15, -0.1) is 0 Å². The van der Waals surface area contributed by atoms with E-state index in [4.69, 9.17) is 9.72 Å². The molecule has 0 fully saturated rings. The lowest BCUT2D eigenvalue weighted by Crippen LogP contribution is -2.33. The van der Waals surface area contributed by atoms with E-state index < -0.39 is 17.6 Å². The summed E-state index contributed by atoms with van der Waals surface area (Å²) < 4.78 is 45.7. The van der Waals surface area contributed by atoms with E-state index in [2.05, 4.69) is 29.0 Å². The summed E-state index contributed by atoms with van der Waals surface area (Å²) in [6, 6.07) is 16.6. The lowest BCUT2D eigenvalue weighted by molar-refractivity contribution is -0.137. The van der Waals surface area contributed by atoms with E-state index in [1.165, 1.54) is 36.4 Å². The Morgan fingerprint density at radius 2 is 1.62 bits per heavy atom. The van der Waals surface area contributed by atoms with E-state index in [9.17, 15) is 18.0 Å². The van der Waals surface area contributed by atoms with Crippen LogP contribution in [-0.2, 0) is 6.18 Å². The molecule has 210 valence electrons. The van der Waals surface area contributed by atoms with Crippen molar-refractivity contribution in [3.63, 3.8) is 0 Å². The van der Waals surface area contributed by atoms with Crippen LogP contribution in [0.4, 0.5) is 24.7 Å². The number of likely N-dealkylation sites (N-methyl/N-ethyl adjacent to an activating group) is 2. The van der Waals surface area contributed by atoms with E-state index in [1.54, 1.807) is 31.4 Å². The minimum atomic E-state index is -4.48. The highest BCUT2D eigenvalue weighted by molar-refractivity contribution is 6.05. The number of carbonyl (C=O) groups is 1. The number of hydrogen-bond donors (Lipinski definition) is 1. The highest BCUT2D eigenvalue weighted by Crippen LogP contribution is 2.37. The van der Waals surface area contributed by atoms with Gasteiger partial charge < -0.3 is 19.9 Å². The molecule has 1 heterocycles. The van der Waals surface area contributed by atoms with Crippen LogP contribution in [0.3, 0.4) is 0 Å². The molecule has 0 atom stereocenters. The fraction of sp³-hybridized carbons (Fsp3) is 0.300. The fourth-order valence-electron chi connectivity index (χ4n) is 4.42. The molecular formula is C30H32F3N5O2. The van der Waals surface area contributed by atoms with Crippen LogP contribution in [0.2, 0.25) is 0 Å². The van der Waals surface area contributed by atoms with Gasteiger partial charge in [-0.25, -0.2) is 9.97 Å². The van der Waals surface area contributed by atoms with Gasteiger partial charge in [-0.05, 0) is 60.6 Å². The number of aromatic nitrogens is 2. The topological polar surface area (TPSA) is 70.6 Å². The van der Waals surface area contributed by atoms with Crippen LogP contribution in [0, 0.1) is 0 Å². The van der Waals surface area contributed by atoms with Crippen molar-refractivity contribution in [2.45, 2.75) is 20.0 Å². The van der Waals surface area contributed by atoms with Gasteiger partial charge in [0.25, 0.3) is 11.8 Å². The number of nitrogens with zero attached hydrogens (tertiary/aromatic N) is 4. The van der Waals surface area contributed by atoms with Gasteiger partial charge in [0.1, 0.15) is 0 Å². The second kappa shape index (κ2) is 12.3. The van der Waals surface area contributed by atoms with Crippen molar-refractivity contribution < 1.29 is 22.7 Å². The smallest absolute Gasteiger partial charge is 0.417 e. The maximum atomic E-state index is 13.4. The predicted molar refractivity (Wildman–Crippen MR) is 152 cm³/mol. The van der Waals surface area contributed by atoms with Crippen LogP contribution >= 0.6 is 0 Å². The molecule has 1 N–H and O–H groups in total. The second-order valence-corrected chi connectivity index (χ2v) is 9.28. The number of fused-ring (bicyclic) bond motifs is 1. The Balaban J connectivity index is 1.51. The molecule has 7 nitrogen and oxygen atoms in total. The summed E-state index contributed by atoms with van der Waals surface area (Å²) in [4.78, 5) is 26.6. The van der Waals surface area contributed by atoms with Crippen molar-refractivity contribution in [1.82, 2.24) is 14.9 Å². The summed E-state index contributed by atoms with van der Waals surface area (Å²) in [6.45, 7) is 7.83. The van der Waals surface area contributed by atoms with Gasteiger partial charge in [-0.3, -0.25) is 4.79 Å². The van der Waals surface area contributed by atoms with Crippen LogP contribution < -0.4 is 15.0 Å². The van der Waals surface area contributed by atoms with E-state index in [-0.39, 0.29) is 5.56 Å². The van der Waals surface area contributed by atoms with Crippen molar-refractivity contribution in [3.8, 4) is 17.0 Å². The number of rotatable bonds is 10. The molecule has 0 aliphatic carbocycles. The normalized spacial score (nSPS) is 11.6. The van der Waals surface area contributed by atoms with Gasteiger partial charge >= 0.3 is 6.18 Å². The zero-order chi connectivity index (χ0) is 28.9. The Bertz CT molecular complexity index is 1470. The minimum absolute atomic E-state index is 0.0575. The predicted octanol–water partition coefficient (Wildman–Crippen LogP) is 6.35. The van der Waals surface area contributed by atoms with Crippen LogP contribution in [0.5, 0.6) is 5.88 Å². The molecule has 4 rings (SSSR count). The largest absolute Gasteiger partial charge is 0.478 e. The molecular weight excluding hydrogens is 519 g/mol. The number of alkyl halides is 3. The first-order valence-corrected chi connectivity index (χ1v) is 13.0. The number of nitrogens with one attached hydrogen (secondary N) is 1. The zero-order valence-corrected chi connectivity index (χ0v) is 22.9. The lowest BCUT2D eigenvalue weighted by Gasteiger charge is -2.24. The number of anilines is 2. The van der Waals surface area contributed by atoms with Gasteiger partial charge in [-0.1, -0.05) is 44.2 Å². The summed E-state index contributed by atoms with van der Waals surface area (Å²) in [7, 11) is 3.49. The molecule has 0 aliphatic rings. The molecule has 0 radical (unpaired) electrons. The summed E-state index contributed by atoms with van der Waals surface area (Å²) in [6.07, 6.45) is -4.48. The molecule has 1 aromatic heterocycles. The molecule has 0 saturated heterocycles. The Labute approximate surface area is 231 Å². The van der Waals surface area contributed by atoms with E-state index >= 15 is 0 Å². The molecule has 10 heteroatoms. The third-order valence-electron chi connectivity index (χ3n) is 6.76. The van der Waals surface area contributed by atoms with Gasteiger partial charge in [0.2, 0.25) is 0 Å². The van der Waals surface area contributed by atoms with Crippen LogP contribution in [-0.4, -0.2) is 61.1 Å². The zero-order valence-electron chi connectivity index (χ0n) is 22.9. The van der Waals surface area contributed by atoms with Crippen molar-refractivity contribution in [1.29, 1.82) is 0 Å². The highest BCUT2D eigenvalue weighted by Gasteiger charge is 2.33. The monoisotopic (exact) mass is 551 g/mol. The number of benzene rings is 3. The molecule has 0 bridgehead atoms. The van der Waals surface area contributed by atoms with E-state index in [0.717, 1.165) is 32.2 Å². The Morgan fingerprint density at radius 3 is 2.27 bits per heavy atom. The number of ether oxygens (including phenoxy) is 1. The Kier molecular flexibility index (Phi) is 8.89. The van der Waals surface area contributed by atoms with Crippen molar-refractivity contribution in [3.05, 3.63) is 77.9 Å². The molecule has 0 unspecified atom stereocenters. The first-order chi connectivity index (χ1) is 19.1. The molecule has 0 saturated carbocycles. The summed E-state index contributed by atoms with van der Waals surface area (Å²) >= 11 is 0. The van der Waals surface area contributed by atoms with Crippen molar-refractivity contribution in [2.24, 2.45) is 0 Å². The lowest BCUT2D eigenvalue weighted by atomic mass is 9.98. The molecule has 4 aromatic rings. The average Bonchev–Trinajstić information content (AvgIpc) is 2.96. The standard InChI is InChI=1S/C30H32F3N5O2/c1-5-38(6-2)18-17-37(3)27-29(40-4)36-26-19-22(15-16-25(26)35-27)34-28(39)21-13-11-20(12-14-21)23-9-7-8-10-24(23)30(31,32)33/h7-16,19H,5-6,17-18H2,1-4H3,(H,34,39). The quantitative estimate of drug-likeness (QED) is 0.248. The number of carbonyl (C=O) groups excluding carboxylic acids is 1. The maximum absolute atomic E-state index is 13.4. The van der Waals surface area contributed by atoms with Gasteiger partial charge in [0.15, 0.2) is 5.82 Å². The van der Waals surface area contributed by atoms with Crippen LogP contribution in [0.1, 0.15) is 29.8 Å². The van der Waals surface area contributed by atoms with Crippen LogP contribution in [0.15, 0.2) is 66.7 Å². The molecule has 0 aliphatic heterocycles. The molecule has 40 heavy (non-hydrogen) atoms. The molecule has 3 aromatic carbocycles. The van der Waals surface area contributed by atoms with Crippen LogP contribution in [0.25, 0.3) is 22.2 Å². The third-order valence-corrected chi connectivity index (χ3v) is 6.76. The summed E-state index contributed by atoms with van der Waals surface area (Å²) in [5, 5.41) is 2.82. The Hall–Kier alpha value is -4.18.